The molecule has 1 fully saturated rings. The first-order valence-corrected chi connectivity index (χ1v) is 14.7. The van der Waals surface area contributed by atoms with Gasteiger partial charge in [0.1, 0.15) is 0 Å². The number of nitrogens with zero attached hydrogens (tertiary/aromatic N) is 1. The van der Waals surface area contributed by atoms with Gasteiger partial charge < -0.3 is 4.74 Å². The van der Waals surface area contributed by atoms with Crippen LogP contribution in [0.4, 0.5) is 0 Å². The van der Waals surface area contributed by atoms with Gasteiger partial charge in [-0.3, -0.25) is 4.90 Å². The van der Waals surface area contributed by atoms with Crippen molar-refractivity contribution in [1.29, 1.82) is 0 Å². The van der Waals surface area contributed by atoms with Crippen LogP contribution in [0.25, 0.3) is 0 Å². The van der Waals surface area contributed by atoms with E-state index in [1.807, 2.05) is 0 Å². The Morgan fingerprint density at radius 1 is 0.419 bits per heavy atom. The fourth-order valence-electron chi connectivity index (χ4n) is 4.95. The van der Waals surface area contributed by atoms with E-state index < -0.39 is 0 Å². The first-order chi connectivity index (χ1) is 15.4. The zero-order valence-corrected chi connectivity index (χ0v) is 21.7. The van der Waals surface area contributed by atoms with Gasteiger partial charge in [0.2, 0.25) is 0 Å². The Morgan fingerprint density at radius 2 is 0.710 bits per heavy atom. The summed E-state index contributed by atoms with van der Waals surface area (Å²) < 4.78 is 5.41. The number of ether oxygens (including phenoxy) is 1. The Morgan fingerprint density at radius 3 is 1.03 bits per heavy atom. The normalized spacial score (nSPS) is 15.0. The summed E-state index contributed by atoms with van der Waals surface area (Å²) in [5.41, 5.74) is 0. The maximum absolute atomic E-state index is 5.41. The van der Waals surface area contributed by atoms with Gasteiger partial charge in [0.25, 0.3) is 0 Å². The molecule has 0 aromatic heterocycles. The summed E-state index contributed by atoms with van der Waals surface area (Å²) >= 11 is 0. The van der Waals surface area contributed by atoms with Gasteiger partial charge in [0.15, 0.2) is 0 Å². The number of hydrogen-bond donors (Lipinski definition) is 0. The van der Waals surface area contributed by atoms with Gasteiger partial charge in [0.05, 0.1) is 13.2 Å². The highest BCUT2D eigenvalue weighted by molar-refractivity contribution is 4.61. The van der Waals surface area contributed by atoms with Crippen molar-refractivity contribution in [3.8, 4) is 0 Å². The van der Waals surface area contributed by atoms with Crippen LogP contribution in [0.15, 0.2) is 0 Å². The largest absolute Gasteiger partial charge is 0.379 e. The Labute approximate surface area is 197 Å². The van der Waals surface area contributed by atoms with Crippen LogP contribution in [0.3, 0.4) is 0 Å². The Bertz CT molecular complexity index is 327. The fourth-order valence-corrected chi connectivity index (χ4v) is 4.95. The van der Waals surface area contributed by atoms with Crippen molar-refractivity contribution in [3.63, 3.8) is 0 Å². The topological polar surface area (TPSA) is 12.5 Å². The lowest BCUT2D eigenvalue weighted by Crippen LogP contribution is -2.36. The molecule has 0 unspecified atom stereocenters. The Balaban J connectivity index is 1.62. The van der Waals surface area contributed by atoms with Crippen LogP contribution >= 0.6 is 0 Å². The van der Waals surface area contributed by atoms with Crippen molar-refractivity contribution in [1.82, 2.24) is 4.90 Å². The summed E-state index contributed by atoms with van der Waals surface area (Å²) in [6.45, 7) is 7.79. The first-order valence-electron chi connectivity index (χ1n) is 14.7. The second-order valence-corrected chi connectivity index (χ2v) is 10.2. The Hall–Kier alpha value is -0.0800. The molecule has 1 aliphatic heterocycles. The van der Waals surface area contributed by atoms with E-state index in [1.54, 1.807) is 0 Å². The molecule has 0 bridgehead atoms. The first kappa shape index (κ1) is 29.0. The highest BCUT2D eigenvalue weighted by Crippen LogP contribution is 2.15. The predicted octanol–water partition coefficient (Wildman–Crippen LogP) is 9.31. The molecule has 1 rings (SSSR count). The van der Waals surface area contributed by atoms with Crippen LogP contribution in [-0.4, -0.2) is 37.7 Å². The van der Waals surface area contributed by atoms with Crippen LogP contribution in [0.2, 0.25) is 0 Å². The maximum Gasteiger partial charge on any atom is 0.0594 e. The van der Waals surface area contributed by atoms with Gasteiger partial charge >= 0.3 is 0 Å². The number of unbranched alkanes of at least 4 members (excludes halogenated alkanes) is 22. The molecule has 0 spiro atoms. The molecule has 0 aliphatic carbocycles. The van der Waals surface area contributed by atoms with Crippen LogP contribution < -0.4 is 0 Å². The lowest BCUT2D eigenvalue weighted by molar-refractivity contribution is 0.0371. The average Bonchev–Trinajstić information content (AvgIpc) is 2.80. The molecule has 1 saturated heterocycles. The van der Waals surface area contributed by atoms with Crippen LogP contribution in [0.5, 0.6) is 0 Å². The maximum atomic E-state index is 5.41. The van der Waals surface area contributed by atoms with Gasteiger partial charge in [-0.2, -0.15) is 0 Å². The zero-order chi connectivity index (χ0) is 22.1. The average molecular weight is 438 g/mol. The van der Waals surface area contributed by atoms with E-state index in [0.717, 1.165) is 26.3 Å². The molecule has 1 aliphatic rings. The smallest absolute Gasteiger partial charge is 0.0594 e. The van der Waals surface area contributed by atoms with E-state index in [-0.39, 0.29) is 0 Å². The third-order valence-corrected chi connectivity index (χ3v) is 7.18. The van der Waals surface area contributed by atoms with E-state index in [4.69, 9.17) is 4.74 Å². The van der Waals surface area contributed by atoms with Crippen molar-refractivity contribution in [2.45, 2.75) is 155 Å². The molecular weight excluding hydrogens is 378 g/mol. The van der Waals surface area contributed by atoms with E-state index in [9.17, 15) is 0 Å². The summed E-state index contributed by atoms with van der Waals surface area (Å²) in [6, 6.07) is 0. The van der Waals surface area contributed by atoms with E-state index in [0.29, 0.717) is 0 Å². The summed E-state index contributed by atoms with van der Waals surface area (Å²) in [4.78, 5) is 2.57. The summed E-state index contributed by atoms with van der Waals surface area (Å²) in [7, 11) is 0. The number of morpholine rings is 1. The van der Waals surface area contributed by atoms with Gasteiger partial charge in [-0.05, 0) is 13.0 Å². The highest BCUT2D eigenvalue weighted by Gasteiger charge is 2.08. The molecule has 0 N–H and O–H groups in total. The van der Waals surface area contributed by atoms with Crippen LogP contribution in [-0.2, 0) is 4.74 Å². The van der Waals surface area contributed by atoms with Gasteiger partial charge in [-0.1, -0.05) is 148 Å². The minimum absolute atomic E-state index is 0.944. The van der Waals surface area contributed by atoms with Crippen LogP contribution in [0, 0.1) is 0 Å². The minimum Gasteiger partial charge on any atom is -0.379 e. The van der Waals surface area contributed by atoms with Crippen LogP contribution in [0.1, 0.15) is 155 Å². The SMILES string of the molecule is CCCCCCCCCCCCCCCCCCCCCCCCCN1CCOCC1. The van der Waals surface area contributed by atoms with Crippen molar-refractivity contribution < 1.29 is 4.74 Å². The predicted molar refractivity (Wildman–Crippen MR) is 139 cm³/mol. The molecular formula is C29H59NO. The molecule has 2 nitrogen and oxygen atoms in total. The summed E-state index contributed by atoms with van der Waals surface area (Å²) in [5.74, 6) is 0. The molecule has 0 atom stereocenters. The summed E-state index contributed by atoms with van der Waals surface area (Å²) in [5, 5.41) is 0. The Kier molecular flexibility index (Phi) is 22.9. The van der Waals surface area contributed by atoms with E-state index in [2.05, 4.69) is 11.8 Å². The molecule has 0 saturated carbocycles. The standard InChI is InChI=1S/C29H59NO/c1-2-3-4-5-6-7-8-9-10-11-12-13-14-15-16-17-18-19-20-21-22-23-24-25-30-26-28-31-29-27-30/h2-29H2,1H3. The quantitative estimate of drug-likeness (QED) is 0.139. The molecule has 31 heavy (non-hydrogen) atoms. The van der Waals surface area contributed by atoms with Crippen molar-refractivity contribution in [2.24, 2.45) is 0 Å². The lowest BCUT2D eigenvalue weighted by Gasteiger charge is -2.26. The zero-order valence-electron chi connectivity index (χ0n) is 21.7. The molecule has 2 heteroatoms. The minimum atomic E-state index is 0.944. The third-order valence-electron chi connectivity index (χ3n) is 7.18. The molecule has 186 valence electrons. The van der Waals surface area contributed by atoms with E-state index >= 15 is 0 Å². The van der Waals surface area contributed by atoms with Gasteiger partial charge in [-0.25, -0.2) is 0 Å². The lowest BCUT2D eigenvalue weighted by atomic mass is 10.0. The van der Waals surface area contributed by atoms with Crippen molar-refractivity contribution >= 4 is 0 Å². The van der Waals surface area contributed by atoms with Crippen molar-refractivity contribution in [2.75, 3.05) is 32.8 Å². The van der Waals surface area contributed by atoms with Gasteiger partial charge in [0, 0.05) is 13.1 Å². The second kappa shape index (κ2) is 24.6. The fraction of sp³-hybridized carbons (Fsp3) is 1.00. The number of rotatable bonds is 24. The molecule has 0 radical (unpaired) electrons. The monoisotopic (exact) mass is 437 g/mol. The second-order valence-electron chi connectivity index (χ2n) is 10.2. The molecule has 1 heterocycles. The molecule has 0 aromatic rings. The van der Waals surface area contributed by atoms with Gasteiger partial charge in [-0.15, -0.1) is 0 Å². The number of hydrogen-bond acceptors (Lipinski definition) is 2. The van der Waals surface area contributed by atoms with E-state index in [1.165, 1.54) is 154 Å². The molecule has 0 amide bonds. The third kappa shape index (κ3) is 21.5. The molecule has 0 aromatic carbocycles. The highest BCUT2D eigenvalue weighted by atomic mass is 16.5. The van der Waals surface area contributed by atoms with Crippen molar-refractivity contribution in [3.05, 3.63) is 0 Å². The summed E-state index contributed by atoms with van der Waals surface area (Å²) in [6.07, 6.45) is 33.7.